The zero-order valence-electron chi connectivity index (χ0n) is 11.1. The van der Waals surface area contributed by atoms with E-state index in [9.17, 15) is 9.59 Å². The number of rotatable bonds is 4. The lowest BCUT2D eigenvalue weighted by Crippen LogP contribution is -2.39. The summed E-state index contributed by atoms with van der Waals surface area (Å²) in [5.74, 6) is -0.236. The number of hydrogen-bond acceptors (Lipinski definition) is 2. The van der Waals surface area contributed by atoms with E-state index in [4.69, 9.17) is 0 Å². The van der Waals surface area contributed by atoms with E-state index in [2.05, 4.69) is 21.2 Å². The number of benzene rings is 1. The van der Waals surface area contributed by atoms with Gasteiger partial charge < -0.3 is 10.2 Å². The fourth-order valence-corrected chi connectivity index (χ4v) is 2.48. The molecule has 1 saturated carbocycles. The van der Waals surface area contributed by atoms with E-state index < -0.39 is 0 Å². The van der Waals surface area contributed by atoms with Crippen LogP contribution in [0.2, 0.25) is 0 Å². The summed E-state index contributed by atoms with van der Waals surface area (Å²) in [6, 6.07) is 5.85. The first-order valence-corrected chi connectivity index (χ1v) is 7.07. The van der Waals surface area contributed by atoms with E-state index in [0.717, 1.165) is 22.9 Å². The lowest BCUT2D eigenvalue weighted by Gasteiger charge is -2.17. The first kappa shape index (κ1) is 14.1. The summed E-state index contributed by atoms with van der Waals surface area (Å²) in [6.07, 6.45) is 2.10. The molecular formula is C14H17BrN2O2. The molecule has 0 unspecified atom stereocenters. The highest BCUT2D eigenvalue weighted by Crippen LogP contribution is 2.19. The van der Waals surface area contributed by atoms with E-state index in [0.29, 0.717) is 11.6 Å². The largest absolute Gasteiger partial charge is 0.352 e. The summed E-state index contributed by atoms with van der Waals surface area (Å²) < 4.78 is 0.867. The molecule has 1 fully saturated rings. The molecule has 0 heterocycles. The van der Waals surface area contributed by atoms with E-state index in [-0.39, 0.29) is 18.4 Å². The molecule has 19 heavy (non-hydrogen) atoms. The molecular weight excluding hydrogens is 308 g/mol. The predicted molar refractivity (Wildman–Crippen MR) is 77.0 cm³/mol. The van der Waals surface area contributed by atoms with Crippen LogP contribution in [0.3, 0.4) is 0 Å². The van der Waals surface area contributed by atoms with Gasteiger partial charge in [-0.25, -0.2) is 0 Å². The molecule has 0 radical (unpaired) electrons. The topological polar surface area (TPSA) is 49.4 Å². The van der Waals surface area contributed by atoms with Crippen LogP contribution in [0.4, 0.5) is 0 Å². The number of hydrogen-bond donors (Lipinski definition) is 1. The molecule has 102 valence electrons. The third-order valence-corrected chi connectivity index (χ3v) is 3.42. The molecule has 0 spiro atoms. The minimum absolute atomic E-state index is 0.0925. The zero-order chi connectivity index (χ0) is 14.0. The average Bonchev–Trinajstić information content (AvgIpc) is 3.10. The number of halogens is 1. The van der Waals surface area contributed by atoms with Crippen molar-refractivity contribution < 1.29 is 9.59 Å². The maximum absolute atomic E-state index is 12.2. The van der Waals surface area contributed by atoms with Gasteiger partial charge in [0.2, 0.25) is 5.91 Å². The highest BCUT2D eigenvalue weighted by molar-refractivity contribution is 9.10. The van der Waals surface area contributed by atoms with Crippen molar-refractivity contribution in [3.8, 4) is 0 Å². The SMILES string of the molecule is Cc1cc(Br)cc(C(=O)N(C)CC(=O)NC2CC2)c1. The summed E-state index contributed by atoms with van der Waals surface area (Å²) in [5, 5.41) is 2.87. The van der Waals surface area contributed by atoms with Gasteiger partial charge in [0.05, 0.1) is 6.54 Å². The summed E-state index contributed by atoms with van der Waals surface area (Å²) >= 11 is 3.37. The van der Waals surface area contributed by atoms with Gasteiger partial charge in [0.15, 0.2) is 0 Å². The second kappa shape index (κ2) is 5.74. The number of carbonyl (C=O) groups excluding carboxylic acids is 2. The standard InChI is InChI=1S/C14H17BrN2O2/c1-9-5-10(7-11(15)6-9)14(19)17(2)8-13(18)16-12-3-4-12/h5-7,12H,3-4,8H2,1-2H3,(H,16,18). The van der Waals surface area contributed by atoms with E-state index >= 15 is 0 Å². The lowest BCUT2D eigenvalue weighted by molar-refractivity contribution is -0.121. The van der Waals surface area contributed by atoms with Crippen LogP contribution in [-0.4, -0.2) is 36.3 Å². The van der Waals surface area contributed by atoms with Crippen LogP contribution in [0.15, 0.2) is 22.7 Å². The second-order valence-electron chi connectivity index (χ2n) is 5.02. The van der Waals surface area contributed by atoms with Crippen LogP contribution in [0.1, 0.15) is 28.8 Å². The fourth-order valence-electron chi connectivity index (χ4n) is 1.87. The summed E-state index contributed by atoms with van der Waals surface area (Å²) in [7, 11) is 1.64. The Kier molecular flexibility index (Phi) is 4.24. The maximum Gasteiger partial charge on any atom is 0.254 e. The van der Waals surface area contributed by atoms with Crippen molar-refractivity contribution in [2.45, 2.75) is 25.8 Å². The second-order valence-corrected chi connectivity index (χ2v) is 5.94. The highest BCUT2D eigenvalue weighted by atomic mass is 79.9. The average molecular weight is 325 g/mol. The Morgan fingerprint density at radius 1 is 1.37 bits per heavy atom. The van der Waals surface area contributed by atoms with Crippen LogP contribution >= 0.6 is 15.9 Å². The van der Waals surface area contributed by atoms with E-state index in [1.807, 2.05) is 19.1 Å². The van der Waals surface area contributed by atoms with Crippen LogP contribution in [-0.2, 0) is 4.79 Å². The molecule has 0 aromatic heterocycles. The monoisotopic (exact) mass is 324 g/mol. The minimum atomic E-state index is -0.143. The van der Waals surface area contributed by atoms with Gasteiger partial charge in [-0.05, 0) is 43.5 Å². The third kappa shape index (κ3) is 4.06. The first-order chi connectivity index (χ1) is 8.95. The normalized spacial score (nSPS) is 14.1. The Morgan fingerprint density at radius 2 is 2.05 bits per heavy atom. The number of carbonyl (C=O) groups is 2. The Labute approximate surface area is 121 Å². The Morgan fingerprint density at radius 3 is 2.63 bits per heavy atom. The van der Waals surface area contributed by atoms with E-state index in [1.165, 1.54) is 4.90 Å². The van der Waals surface area contributed by atoms with Crippen molar-refractivity contribution in [3.05, 3.63) is 33.8 Å². The van der Waals surface area contributed by atoms with E-state index in [1.54, 1.807) is 13.1 Å². The van der Waals surface area contributed by atoms with Crippen LogP contribution < -0.4 is 5.32 Å². The molecule has 0 atom stereocenters. The van der Waals surface area contributed by atoms with Gasteiger partial charge in [0.1, 0.15) is 0 Å². The van der Waals surface area contributed by atoms with Gasteiger partial charge >= 0.3 is 0 Å². The lowest BCUT2D eigenvalue weighted by atomic mass is 10.1. The van der Waals surface area contributed by atoms with Crippen molar-refractivity contribution in [2.75, 3.05) is 13.6 Å². The molecule has 1 aromatic carbocycles. The molecule has 1 aliphatic rings. The molecule has 2 rings (SSSR count). The van der Waals surface area contributed by atoms with Gasteiger partial charge in [-0.1, -0.05) is 15.9 Å². The van der Waals surface area contributed by atoms with Crippen LogP contribution in [0.5, 0.6) is 0 Å². The highest BCUT2D eigenvalue weighted by Gasteiger charge is 2.24. The molecule has 2 amide bonds. The molecule has 1 N–H and O–H groups in total. The summed E-state index contributed by atoms with van der Waals surface area (Å²) in [5.41, 5.74) is 1.60. The van der Waals surface area contributed by atoms with Crippen molar-refractivity contribution in [1.29, 1.82) is 0 Å². The molecule has 4 nitrogen and oxygen atoms in total. The quantitative estimate of drug-likeness (QED) is 0.922. The van der Waals surface area contributed by atoms with Gasteiger partial charge in [0.25, 0.3) is 5.91 Å². The van der Waals surface area contributed by atoms with Crippen molar-refractivity contribution in [2.24, 2.45) is 0 Å². The minimum Gasteiger partial charge on any atom is -0.352 e. The molecule has 0 aliphatic heterocycles. The fraction of sp³-hybridized carbons (Fsp3) is 0.429. The number of nitrogens with one attached hydrogen (secondary N) is 1. The molecule has 5 heteroatoms. The smallest absolute Gasteiger partial charge is 0.254 e. The summed E-state index contributed by atoms with van der Waals surface area (Å²) in [6.45, 7) is 2.03. The van der Waals surface area contributed by atoms with Crippen LogP contribution in [0.25, 0.3) is 0 Å². The van der Waals surface area contributed by atoms with Crippen molar-refractivity contribution in [3.63, 3.8) is 0 Å². The van der Waals surface area contributed by atoms with Crippen molar-refractivity contribution in [1.82, 2.24) is 10.2 Å². The Hall–Kier alpha value is -1.36. The van der Waals surface area contributed by atoms with Crippen LogP contribution in [0, 0.1) is 6.92 Å². The number of nitrogens with zero attached hydrogens (tertiary/aromatic N) is 1. The third-order valence-electron chi connectivity index (χ3n) is 2.96. The van der Waals surface area contributed by atoms with Gasteiger partial charge in [-0.3, -0.25) is 9.59 Å². The number of aryl methyl sites for hydroxylation is 1. The zero-order valence-corrected chi connectivity index (χ0v) is 12.7. The molecule has 1 aromatic rings. The predicted octanol–water partition coefficient (Wildman–Crippen LogP) is 2.11. The molecule has 1 aliphatic carbocycles. The number of likely N-dealkylation sites (N-methyl/N-ethyl adjacent to an activating group) is 1. The Balaban J connectivity index is 1.98. The molecule has 0 bridgehead atoms. The van der Waals surface area contributed by atoms with Crippen molar-refractivity contribution >= 4 is 27.7 Å². The molecule has 0 saturated heterocycles. The first-order valence-electron chi connectivity index (χ1n) is 6.28. The van der Waals surface area contributed by atoms with Gasteiger partial charge in [0, 0.05) is 23.1 Å². The van der Waals surface area contributed by atoms with Gasteiger partial charge in [-0.2, -0.15) is 0 Å². The number of amides is 2. The Bertz CT molecular complexity index is 492. The van der Waals surface area contributed by atoms with Gasteiger partial charge in [-0.15, -0.1) is 0 Å². The maximum atomic E-state index is 12.2. The summed E-state index contributed by atoms with van der Waals surface area (Å²) in [4.78, 5) is 25.3.